The summed E-state index contributed by atoms with van der Waals surface area (Å²) in [5.74, 6) is 1.50. The van der Waals surface area contributed by atoms with Gasteiger partial charge in [0.05, 0.1) is 12.9 Å². The Morgan fingerprint density at radius 3 is 2.68 bits per heavy atom. The molecule has 0 N–H and O–H groups in total. The third-order valence-electron chi connectivity index (χ3n) is 3.01. The van der Waals surface area contributed by atoms with Gasteiger partial charge in [0.25, 0.3) is 0 Å². The van der Waals surface area contributed by atoms with Crippen molar-refractivity contribution in [2.75, 3.05) is 17.8 Å². The van der Waals surface area contributed by atoms with Gasteiger partial charge in [0, 0.05) is 10.6 Å². The van der Waals surface area contributed by atoms with Gasteiger partial charge in [-0.25, -0.2) is 0 Å². The zero-order valence-electron chi connectivity index (χ0n) is 10.4. The van der Waals surface area contributed by atoms with E-state index < -0.39 is 0 Å². The molecule has 0 bridgehead atoms. The minimum atomic E-state index is 0.0981. The first kappa shape index (κ1) is 12.6. The maximum Gasteiger partial charge on any atom is 0.238 e. The number of thiophene rings is 1. The molecule has 0 unspecified atom stereocenters. The summed E-state index contributed by atoms with van der Waals surface area (Å²) in [5.41, 5.74) is 0.925. The number of rotatable bonds is 3. The molecule has 1 fully saturated rings. The van der Waals surface area contributed by atoms with Crippen LogP contribution in [-0.4, -0.2) is 18.8 Å². The normalized spacial score (nSPS) is 18.9. The Morgan fingerprint density at radius 1 is 1.26 bits per heavy atom. The van der Waals surface area contributed by atoms with Gasteiger partial charge in [0.1, 0.15) is 11.1 Å². The average molecular weight is 291 g/mol. The maximum atomic E-state index is 12.1. The number of ether oxygens (including phenoxy) is 1. The highest BCUT2D eigenvalue weighted by Gasteiger charge is 2.34. The Bertz CT molecular complexity index is 566. The quantitative estimate of drug-likeness (QED) is 0.866. The van der Waals surface area contributed by atoms with E-state index in [2.05, 4.69) is 6.07 Å². The summed E-state index contributed by atoms with van der Waals surface area (Å²) >= 11 is 3.37. The summed E-state index contributed by atoms with van der Waals surface area (Å²) in [4.78, 5) is 15.2. The van der Waals surface area contributed by atoms with E-state index >= 15 is 0 Å². The Morgan fingerprint density at radius 2 is 2.05 bits per heavy atom. The molecule has 98 valence electrons. The number of amides is 1. The lowest BCUT2D eigenvalue weighted by Gasteiger charge is -2.23. The monoisotopic (exact) mass is 291 g/mol. The van der Waals surface area contributed by atoms with Gasteiger partial charge in [0.15, 0.2) is 0 Å². The fourth-order valence-corrected chi connectivity index (χ4v) is 4.22. The van der Waals surface area contributed by atoms with Crippen LogP contribution in [0.25, 0.3) is 0 Å². The Balaban J connectivity index is 1.93. The summed E-state index contributed by atoms with van der Waals surface area (Å²) in [6, 6.07) is 11.7. The number of hydrogen-bond donors (Lipinski definition) is 0. The molecule has 0 spiro atoms. The van der Waals surface area contributed by atoms with Crippen molar-refractivity contribution < 1.29 is 9.53 Å². The van der Waals surface area contributed by atoms with Gasteiger partial charge in [-0.1, -0.05) is 6.07 Å². The molecule has 1 amide bonds. The second-order valence-electron chi connectivity index (χ2n) is 4.14. The van der Waals surface area contributed by atoms with E-state index in [9.17, 15) is 4.79 Å². The van der Waals surface area contributed by atoms with Gasteiger partial charge in [-0.3, -0.25) is 9.69 Å². The van der Waals surface area contributed by atoms with Crippen LogP contribution in [-0.2, 0) is 4.79 Å². The van der Waals surface area contributed by atoms with Crippen molar-refractivity contribution >= 4 is 34.7 Å². The number of methoxy groups -OCH3 is 1. The second-order valence-corrected chi connectivity index (χ2v) is 6.19. The molecule has 5 heteroatoms. The van der Waals surface area contributed by atoms with Crippen LogP contribution in [0.5, 0.6) is 5.75 Å². The molecular formula is C14H13NO2S2. The van der Waals surface area contributed by atoms with E-state index in [1.165, 1.54) is 4.88 Å². The van der Waals surface area contributed by atoms with Crippen molar-refractivity contribution in [3.05, 3.63) is 46.7 Å². The van der Waals surface area contributed by atoms with Gasteiger partial charge >= 0.3 is 0 Å². The molecule has 1 aromatic heterocycles. The van der Waals surface area contributed by atoms with E-state index in [0.29, 0.717) is 5.75 Å². The van der Waals surface area contributed by atoms with Gasteiger partial charge < -0.3 is 4.74 Å². The molecule has 2 aromatic rings. The molecule has 3 rings (SSSR count). The van der Waals surface area contributed by atoms with Crippen molar-refractivity contribution in [1.82, 2.24) is 0 Å². The lowest BCUT2D eigenvalue weighted by Crippen LogP contribution is -2.27. The molecule has 0 aliphatic carbocycles. The van der Waals surface area contributed by atoms with Gasteiger partial charge in [-0.05, 0) is 35.7 Å². The average Bonchev–Trinajstić information content (AvgIpc) is 3.08. The summed E-state index contributed by atoms with van der Waals surface area (Å²) in [6.07, 6.45) is 0. The molecule has 2 heterocycles. The Hall–Kier alpha value is -1.46. The number of nitrogens with zero attached hydrogens (tertiary/aromatic N) is 1. The second kappa shape index (κ2) is 5.27. The van der Waals surface area contributed by atoms with Crippen molar-refractivity contribution in [1.29, 1.82) is 0 Å². The number of carbonyl (C=O) groups excluding carboxylic acids is 1. The van der Waals surface area contributed by atoms with Crippen LogP contribution >= 0.6 is 23.1 Å². The van der Waals surface area contributed by atoms with Crippen molar-refractivity contribution in [2.45, 2.75) is 5.37 Å². The number of anilines is 1. The molecule has 19 heavy (non-hydrogen) atoms. The molecule has 3 nitrogen and oxygen atoms in total. The first-order chi connectivity index (χ1) is 9.29. The lowest BCUT2D eigenvalue weighted by molar-refractivity contribution is -0.115. The standard InChI is InChI=1S/C14H13NO2S2/c1-17-11-6-4-10(5-7-11)15-13(16)9-19-14(15)12-3-2-8-18-12/h2-8,14H,9H2,1H3/t14-/m0/s1. The largest absolute Gasteiger partial charge is 0.497 e. The van der Waals surface area contributed by atoms with Crippen molar-refractivity contribution in [3.63, 3.8) is 0 Å². The van der Waals surface area contributed by atoms with Crippen LogP contribution in [0.2, 0.25) is 0 Å². The predicted molar refractivity (Wildman–Crippen MR) is 80.0 cm³/mol. The fourth-order valence-electron chi connectivity index (χ4n) is 2.09. The zero-order chi connectivity index (χ0) is 13.2. The van der Waals surface area contributed by atoms with Crippen molar-refractivity contribution in [2.24, 2.45) is 0 Å². The first-order valence-corrected chi connectivity index (χ1v) is 7.83. The van der Waals surface area contributed by atoms with E-state index in [1.807, 2.05) is 40.6 Å². The topological polar surface area (TPSA) is 29.5 Å². The molecule has 1 aromatic carbocycles. The number of carbonyl (C=O) groups is 1. The molecule has 1 atom stereocenters. The highest BCUT2D eigenvalue weighted by atomic mass is 32.2. The van der Waals surface area contributed by atoms with Gasteiger partial charge in [0.2, 0.25) is 5.91 Å². The zero-order valence-corrected chi connectivity index (χ0v) is 12.0. The molecule has 0 radical (unpaired) electrons. The van der Waals surface area contributed by atoms with Crippen LogP contribution in [0, 0.1) is 0 Å². The van der Waals surface area contributed by atoms with Gasteiger partial charge in [-0.15, -0.1) is 23.1 Å². The van der Waals surface area contributed by atoms with Crippen LogP contribution in [0.4, 0.5) is 5.69 Å². The van der Waals surface area contributed by atoms with Gasteiger partial charge in [-0.2, -0.15) is 0 Å². The minimum absolute atomic E-state index is 0.0981. The summed E-state index contributed by atoms with van der Waals surface area (Å²) in [6.45, 7) is 0. The van der Waals surface area contributed by atoms with E-state index in [0.717, 1.165) is 11.4 Å². The fraction of sp³-hybridized carbons (Fsp3) is 0.214. The van der Waals surface area contributed by atoms with Crippen LogP contribution < -0.4 is 9.64 Å². The summed E-state index contributed by atoms with van der Waals surface area (Å²) in [5, 5.41) is 2.14. The lowest BCUT2D eigenvalue weighted by atomic mass is 10.2. The summed E-state index contributed by atoms with van der Waals surface area (Å²) < 4.78 is 5.15. The molecular weight excluding hydrogens is 278 g/mol. The SMILES string of the molecule is COc1ccc(N2C(=O)CS[C@H]2c2cccs2)cc1. The molecule has 0 saturated carbocycles. The highest BCUT2D eigenvalue weighted by molar-refractivity contribution is 8.01. The number of hydrogen-bond acceptors (Lipinski definition) is 4. The van der Waals surface area contributed by atoms with Crippen LogP contribution in [0.3, 0.4) is 0 Å². The summed E-state index contributed by atoms with van der Waals surface area (Å²) in [7, 11) is 1.64. The minimum Gasteiger partial charge on any atom is -0.497 e. The molecule has 1 aliphatic heterocycles. The maximum absolute atomic E-state index is 12.1. The third-order valence-corrected chi connectivity index (χ3v) is 5.27. The molecule has 1 aliphatic rings. The predicted octanol–water partition coefficient (Wildman–Crippen LogP) is 3.54. The third kappa shape index (κ3) is 2.35. The van der Waals surface area contributed by atoms with E-state index in [4.69, 9.17) is 4.74 Å². The number of benzene rings is 1. The first-order valence-electron chi connectivity index (χ1n) is 5.91. The van der Waals surface area contributed by atoms with Crippen LogP contribution in [0.1, 0.15) is 10.3 Å². The highest BCUT2D eigenvalue weighted by Crippen LogP contribution is 2.43. The van der Waals surface area contributed by atoms with E-state index in [-0.39, 0.29) is 11.3 Å². The Labute approximate surface area is 120 Å². The van der Waals surface area contributed by atoms with Crippen LogP contribution in [0.15, 0.2) is 41.8 Å². The van der Waals surface area contributed by atoms with Crippen molar-refractivity contribution in [3.8, 4) is 5.75 Å². The smallest absolute Gasteiger partial charge is 0.238 e. The Kier molecular flexibility index (Phi) is 3.48. The van der Waals surface area contributed by atoms with E-state index in [1.54, 1.807) is 30.2 Å². The number of thioether (sulfide) groups is 1. The molecule has 1 saturated heterocycles.